The van der Waals surface area contributed by atoms with Crippen molar-refractivity contribution in [1.82, 2.24) is 14.8 Å². The molecule has 0 aliphatic carbocycles. The SMILES string of the molecule is O=[N+]([O-])c1ccc(Nc2cccc(-c3nnc4n3CCCCC4)c2)c(Cl)c1. The van der Waals surface area contributed by atoms with Crippen LogP contribution in [0.15, 0.2) is 42.5 Å². The second-order valence-corrected chi connectivity index (χ2v) is 6.94. The quantitative estimate of drug-likeness (QED) is 0.507. The Morgan fingerprint density at radius 3 is 2.81 bits per heavy atom. The van der Waals surface area contributed by atoms with Crippen LogP contribution in [0.4, 0.5) is 17.1 Å². The molecule has 0 saturated carbocycles. The first-order valence-corrected chi connectivity index (χ1v) is 9.23. The molecule has 0 bridgehead atoms. The monoisotopic (exact) mass is 383 g/mol. The number of aromatic nitrogens is 3. The molecule has 3 aromatic rings. The highest BCUT2D eigenvalue weighted by Gasteiger charge is 2.16. The van der Waals surface area contributed by atoms with Crippen LogP contribution in [0.1, 0.15) is 25.1 Å². The lowest BCUT2D eigenvalue weighted by atomic mass is 10.1. The van der Waals surface area contributed by atoms with Crippen molar-refractivity contribution in [2.24, 2.45) is 0 Å². The predicted octanol–water partition coefficient (Wildman–Crippen LogP) is 4.98. The Morgan fingerprint density at radius 1 is 1.11 bits per heavy atom. The molecule has 27 heavy (non-hydrogen) atoms. The van der Waals surface area contributed by atoms with Gasteiger partial charge < -0.3 is 9.88 Å². The number of rotatable bonds is 4. The highest BCUT2D eigenvalue weighted by molar-refractivity contribution is 6.33. The van der Waals surface area contributed by atoms with E-state index in [1.165, 1.54) is 18.6 Å². The van der Waals surface area contributed by atoms with Gasteiger partial charge in [0.05, 0.1) is 15.6 Å². The molecule has 0 spiro atoms. The molecule has 1 aliphatic rings. The molecule has 0 unspecified atom stereocenters. The van der Waals surface area contributed by atoms with Crippen molar-refractivity contribution < 1.29 is 4.92 Å². The number of nitro groups is 1. The molecule has 2 aromatic carbocycles. The fourth-order valence-corrected chi connectivity index (χ4v) is 3.53. The summed E-state index contributed by atoms with van der Waals surface area (Å²) in [6, 6.07) is 12.2. The predicted molar refractivity (Wildman–Crippen MR) is 104 cm³/mol. The van der Waals surface area contributed by atoms with Crippen molar-refractivity contribution in [2.75, 3.05) is 5.32 Å². The van der Waals surface area contributed by atoms with Gasteiger partial charge >= 0.3 is 0 Å². The maximum atomic E-state index is 10.9. The van der Waals surface area contributed by atoms with Gasteiger partial charge in [0, 0.05) is 36.3 Å². The highest BCUT2D eigenvalue weighted by atomic mass is 35.5. The summed E-state index contributed by atoms with van der Waals surface area (Å²) in [7, 11) is 0. The summed E-state index contributed by atoms with van der Waals surface area (Å²) in [5, 5.41) is 23.1. The summed E-state index contributed by atoms with van der Waals surface area (Å²) in [4.78, 5) is 10.4. The number of anilines is 2. The van der Waals surface area contributed by atoms with Crippen molar-refractivity contribution in [3.05, 3.63) is 63.4 Å². The Labute approximate surface area is 161 Å². The van der Waals surface area contributed by atoms with Crippen molar-refractivity contribution in [3.63, 3.8) is 0 Å². The van der Waals surface area contributed by atoms with Crippen LogP contribution in [0.25, 0.3) is 11.4 Å². The van der Waals surface area contributed by atoms with E-state index in [9.17, 15) is 10.1 Å². The van der Waals surface area contributed by atoms with Crippen LogP contribution in [0, 0.1) is 10.1 Å². The van der Waals surface area contributed by atoms with Crippen LogP contribution in [-0.4, -0.2) is 19.7 Å². The Kier molecular flexibility index (Phi) is 4.77. The second kappa shape index (κ2) is 7.36. The molecular weight excluding hydrogens is 366 g/mol. The molecule has 1 aromatic heterocycles. The molecule has 1 N–H and O–H groups in total. The number of hydrogen-bond donors (Lipinski definition) is 1. The topological polar surface area (TPSA) is 85.9 Å². The van der Waals surface area contributed by atoms with E-state index in [0.29, 0.717) is 10.7 Å². The molecule has 0 fully saturated rings. The van der Waals surface area contributed by atoms with Crippen LogP contribution < -0.4 is 5.32 Å². The first kappa shape index (κ1) is 17.5. The van der Waals surface area contributed by atoms with E-state index in [1.54, 1.807) is 6.07 Å². The van der Waals surface area contributed by atoms with Crippen LogP contribution in [0.5, 0.6) is 0 Å². The van der Waals surface area contributed by atoms with Crippen LogP contribution in [0.3, 0.4) is 0 Å². The average Bonchev–Trinajstić information content (AvgIpc) is 2.92. The number of halogens is 1. The summed E-state index contributed by atoms with van der Waals surface area (Å²) < 4.78 is 2.20. The lowest BCUT2D eigenvalue weighted by Gasteiger charge is -2.11. The number of nitro benzene ring substituents is 1. The summed E-state index contributed by atoms with van der Waals surface area (Å²) in [5.41, 5.74) is 2.37. The fraction of sp³-hybridized carbons (Fsp3) is 0.263. The number of hydrogen-bond acceptors (Lipinski definition) is 5. The molecular formula is C19H18ClN5O2. The van der Waals surface area contributed by atoms with Gasteiger partial charge in [-0.15, -0.1) is 10.2 Å². The van der Waals surface area contributed by atoms with Gasteiger partial charge in [0.2, 0.25) is 0 Å². The molecule has 7 nitrogen and oxygen atoms in total. The van der Waals surface area contributed by atoms with Gasteiger partial charge in [0.15, 0.2) is 5.82 Å². The third-order valence-electron chi connectivity index (χ3n) is 4.67. The summed E-state index contributed by atoms with van der Waals surface area (Å²) in [5.74, 6) is 1.91. The van der Waals surface area contributed by atoms with E-state index in [1.807, 2.05) is 24.3 Å². The minimum Gasteiger partial charge on any atom is -0.354 e. The van der Waals surface area contributed by atoms with E-state index in [0.717, 1.165) is 48.7 Å². The standard InChI is InChI=1S/C19H18ClN5O2/c20-16-12-15(25(26)27)8-9-17(16)21-14-6-4-5-13(11-14)19-23-22-18-7-2-1-3-10-24(18)19/h4-6,8-9,11-12,21H,1-3,7,10H2. The third kappa shape index (κ3) is 3.64. The lowest BCUT2D eigenvalue weighted by Crippen LogP contribution is -2.03. The van der Waals surface area contributed by atoms with Gasteiger partial charge in [0.1, 0.15) is 5.82 Å². The maximum Gasteiger partial charge on any atom is 0.271 e. The van der Waals surface area contributed by atoms with E-state index < -0.39 is 4.92 Å². The van der Waals surface area contributed by atoms with Crippen molar-refractivity contribution in [1.29, 1.82) is 0 Å². The number of nitrogens with one attached hydrogen (secondary N) is 1. The number of non-ortho nitro benzene ring substituents is 1. The molecule has 138 valence electrons. The van der Waals surface area contributed by atoms with Crippen molar-refractivity contribution in [2.45, 2.75) is 32.2 Å². The number of fused-ring (bicyclic) bond motifs is 1. The Hall–Kier alpha value is -2.93. The Balaban J connectivity index is 1.62. The van der Waals surface area contributed by atoms with Crippen LogP contribution >= 0.6 is 11.6 Å². The maximum absolute atomic E-state index is 10.9. The Bertz CT molecular complexity index is 1000. The minimum absolute atomic E-state index is 0.0366. The molecule has 1 aliphatic heterocycles. The fourth-order valence-electron chi connectivity index (χ4n) is 3.31. The van der Waals surface area contributed by atoms with Gasteiger partial charge in [-0.1, -0.05) is 30.2 Å². The zero-order chi connectivity index (χ0) is 18.8. The minimum atomic E-state index is -0.465. The average molecular weight is 384 g/mol. The third-order valence-corrected chi connectivity index (χ3v) is 4.99. The van der Waals surface area contributed by atoms with Gasteiger partial charge in [0.25, 0.3) is 5.69 Å². The molecule has 0 atom stereocenters. The zero-order valence-corrected chi connectivity index (χ0v) is 15.3. The normalized spacial score (nSPS) is 13.7. The first-order chi connectivity index (χ1) is 13.1. The smallest absolute Gasteiger partial charge is 0.271 e. The molecule has 4 rings (SSSR count). The molecule has 0 amide bonds. The Morgan fingerprint density at radius 2 is 2.00 bits per heavy atom. The van der Waals surface area contributed by atoms with Crippen molar-refractivity contribution in [3.8, 4) is 11.4 Å². The summed E-state index contributed by atoms with van der Waals surface area (Å²) in [6.45, 7) is 0.934. The van der Waals surface area contributed by atoms with Crippen LogP contribution in [0.2, 0.25) is 5.02 Å². The number of benzene rings is 2. The summed E-state index contributed by atoms with van der Waals surface area (Å²) in [6.07, 6.45) is 4.46. The van der Waals surface area contributed by atoms with Gasteiger partial charge in [-0.05, 0) is 31.0 Å². The molecule has 2 heterocycles. The van der Waals surface area contributed by atoms with Crippen molar-refractivity contribution >= 4 is 28.7 Å². The molecule has 8 heteroatoms. The highest BCUT2D eigenvalue weighted by Crippen LogP contribution is 2.31. The van der Waals surface area contributed by atoms with E-state index in [2.05, 4.69) is 20.1 Å². The van der Waals surface area contributed by atoms with Gasteiger partial charge in [-0.3, -0.25) is 10.1 Å². The van der Waals surface area contributed by atoms with E-state index in [-0.39, 0.29) is 5.69 Å². The number of aryl methyl sites for hydroxylation is 1. The number of nitrogens with zero attached hydrogens (tertiary/aromatic N) is 4. The van der Waals surface area contributed by atoms with E-state index >= 15 is 0 Å². The van der Waals surface area contributed by atoms with Crippen LogP contribution in [-0.2, 0) is 13.0 Å². The molecule has 0 saturated heterocycles. The largest absolute Gasteiger partial charge is 0.354 e. The summed E-state index contributed by atoms with van der Waals surface area (Å²) >= 11 is 6.18. The first-order valence-electron chi connectivity index (χ1n) is 8.85. The second-order valence-electron chi connectivity index (χ2n) is 6.53. The zero-order valence-electron chi connectivity index (χ0n) is 14.6. The lowest BCUT2D eigenvalue weighted by molar-refractivity contribution is -0.384. The van der Waals surface area contributed by atoms with Gasteiger partial charge in [-0.2, -0.15) is 0 Å². The van der Waals surface area contributed by atoms with Gasteiger partial charge in [-0.25, -0.2) is 0 Å². The molecule has 0 radical (unpaired) electrons. The van der Waals surface area contributed by atoms with E-state index in [4.69, 9.17) is 11.6 Å².